The molecule has 28 heavy (non-hydrogen) atoms. The van der Waals surface area contributed by atoms with Gasteiger partial charge in [-0.05, 0) is 36.9 Å². The summed E-state index contributed by atoms with van der Waals surface area (Å²) in [6, 6.07) is 12.7. The van der Waals surface area contributed by atoms with Crippen LogP contribution in [0.4, 0.5) is 0 Å². The molecule has 0 aliphatic carbocycles. The number of likely N-dealkylation sites (N-methyl/N-ethyl adjacent to an activating group) is 1. The Balaban J connectivity index is 1.55. The summed E-state index contributed by atoms with van der Waals surface area (Å²) >= 11 is 0. The van der Waals surface area contributed by atoms with E-state index in [1.807, 2.05) is 54.4 Å². The number of ether oxygens (including phenoxy) is 4. The highest BCUT2D eigenvalue weighted by atomic mass is 16.7. The van der Waals surface area contributed by atoms with Crippen LogP contribution >= 0.6 is 0 Å². The summed E-state index contributed by atoms with van der Waals surface area (Å²) in [5, 5.41) is 9.96. The minimum atomic E-state index is -0.833. The van der Waals surface area contributed by atoms with E-state index in [2.05, 4.69) is 0 Å². The van der Waals surface area contributed by atoms with Gasteiger partial charge in [-0.15, -0.1) is 0 Å². The number of fused-ring (bicyclic) bond motifs is 1. The van der Waals surface area contributed by atoms with Crippen molar-refractivity contribution < 1.29 is 28.8 Å². The fourth-order valence-corrected chi connectivity index (χ4v) is 4.04. The van der Waals surface area contributed by atoms with E-state index in [4.69, 9.17) is 18.9 Å². The van der Waals surface area contributed by atoms with Gasteiger partial charge in [-0.1, -0.05) is 18.2 Å². The molecule has 2 aromatic rings. The zero-order valence-electron chi connectivity index (χ0n) is 15.8. The van der Waals surface area contributed by atoms with Crippen LogP contribution in [0, 0.1) is 5.92 Å². The van der Waals surface area contributed by atoms with Crippen LogP contribution in [0.5, 0.6) is 23.0 Å². The number of methoxy groups -OCH3 is 1. The Morgan fingerprint density at radius 2 is 1.93 bits per heavy atom. The molecule has 7 nitrogen and oxygen atoms in total. The highest BCUT2D eigenvalue weighted by Gasteiger charge is 2.46. The SMILES string of the molecule is COc1ccccc1OCC1C(C(=O)O)C(c2ccc3c(c2)OCO3)CN1C. The van der Waals surface area contributed by atoms with Gasteiger partial charge in [0.05, 0.1) is 19.1 Å². The molecular formula is C21H23NO6. The van der Waals surface area contributed by atoms with E-state index < -0.39 is 11.9 Å². The summed E-state index contributed by atoms with van der Waals surface area (Å²) in [4.78, 5) is 14.2. The average Bonchev–Trinajstić information content (AvgIpc) is 3.30. The van der Waals surface area contributed by atoms with E-state index in [1.54, 1.807) is 7.11 Å². The lowest BCUT2D eigenvalue weighted by Gasteiger charge is -2.24. The molecular weight excluding hydrogens is 362 g/mol. The molecule has 7 heteroatoms. The van der Waals surface area contributed by atoms with Crippen LogP contribution in [0.1, 0.15) is 11.5 Å². The smallest absolute Gasteiger partial charge is 0.308 e. The average molecular weight is 385 g/mol. The lowest BCUT2D eigenvalue weighted by Crippen LogP contribution is -2.38. The predicted octanol–water partition coefficient (Wildman–Crippen LogP) is 2.60. The second kappa shape index (κ2) is 7.59. The van der Waals surface area contributed by atoms with Crippen molar-refractivity contribution in [3.8, 4) is 23.0 Å². The molecule has 0 saturated carbocycles. The summed E-state index contributed by atoms with van der Waals surface area (Å²) < 4.78 is 22.1. The summed E-state index contributed by atoms with van der Waals surface area (Å²) in [6.45, 7) is 1.08. The lowest BCUT2D eigenvalue weighted by molar-refractivity contribution is -0.143. The molecule has 0 radical (unpaired) electrons. The van der Waals surface area contributed by atoms with Crippen molar-refractivity contribution in [1.82, 2.24) is 4.90 Å². The highest BCUT2D eigenvalue weighted by molar-refractivity contribution is 5.73. The van der Waals surface area contributed by atoms with Crippen molar-refractivity contribution in [1.29, 1.82) is 0 Å². The summed E-state index contributed by atoms with van der Waals surface area (Å²) in [5.74, 6) is 0.997. The zero-order valence-corrected chi connectivity index (χ0v) is 15.8. The first-order chi connectivity index (χ1) is 13.6. The molecule has 0 bridgehead atoms. The monoisotopic (exact) mass is 385 g/mol. The van der Waals surface area contributed by atoms with Gasteiger partial charge in [0.25, 0.3) is 0 Å². The number of benzene rings is 2. The third-order valence-electron chi connectivity index (χ3n) is 5.49. The first-order valence-corrected chi connectivity index (χ1v) is 9.17. The van der Waals surface area contributed by atoms with Crippen molar-refractivity contribution in [2.75, 3.05) is 34.1 Å². The maximum Gasteiger partial charge on any atom is 0.308 e. The Labute approximate surface area is 163 Å². The van der Waals surface area contributed by atoms with Gasteiger partial charge in [0.2, 0.25) is 6.79 Å². The largest absolute Gasteiger partial charge is 0.493 e. The number of hydrogen-bond donors (Lipinski definition) is 1. The molecule has 3 atom stereocenters. The standard InChI is InChI=1S/C21H23NO6/c1-22-10-14(13-7-8-18-19(9-13)28-12-27-18)20(21(23)24)15(22)11-26-17-6-4-3-5-16(17)25-2/h3-9,14-15,20H,10-12H2,1-2H3,(H,23,24). The first-order valence-electron chi connectivity index (χ1n) is 9.17. The minimum Gasteiger partial charge on any atom is -0.493 e. The number of rotatable bonds is 6. The number of hydrogen-bond acceptors (Lipinski definition) is 6. The molecule has 0 spiro atoms. The van der Waals surface area contributed by atoms with Crippen LogP contribution in [0.3, 0.4) is 0 Å². The van der Waals surface area contributed by atoms with Gasteiger partial charge in [-0.2, -0.15) is 0 Å². The minimum absolute atomic E-state index is 0.164. The number of carboxylic acids is 1. The predicted molar refractivity (Wildman–Crippen MR) is 101 cm³/mol. The molecule has 4 rings (SSSR count). The molecule has 2 aliphatic heterocycles. The first kappa shape index (κ1) is 18.4. The van der Waals surface area contributed by atoms with Crippen molar-refractivity contribution >= 4 is 5.97 Å². The molecule has 2 aliphatic rings. The Morgan fingerprint density at radius 1 is 1.18 bits per heavy atom. The molecule has 148 valence electrons. The van der Waals surface area contributed by atoms with E-state index >= 15 is 0 Å². The maximum absolute atomic E-state index is 12.1. The molecule has 3 unspecified atom stereocenters. The van der Waals surface area contributed by atoms with Gasteiger partial charge in [-0.3, -0.25) is 9.69 Å². The third-order valence-corrected chi connectivity index (χ3v) is 5.49. The van der Waals surface area contributed by atoms with Gasteiger partial charge >= 0.3 is 5.97 Å². The highest BCUT2D eigenvalue weighted by Crippen LogP contribution is 2.41. The van der Waals surface area contributed by atoms with Gasteiger partial charge in [0.1, 0.15) is 6.61 Å². The van der Waals surface area contributed by atoms with Crippen LogP contribution < -0.4 is 18.9 Å². The van der Waals surface area contributed by atoms with Gasteiger partial charge in [0, 0.05) is 12.5 Å². The van der Waals surface area contributed by atoms with Gasteiger partial charge < -0.3 is 24.1 Å². The van der Waals surface area contributed by atoms with Crippen LogP contribution in [0.2, 0.25) is 0 Å². The number of aliphatic carboxylic acids is 1. The number of para-hydroxylation sites is 2. The second-order valence-corrected chi connectivity index (χ2v) is 7.05. The topological polar surface area (TPSA) is 77.5 Å². The maximum atomic E-state index is 12.1. The Kier molecular flexibility index (Phi) is 5.00. The Morgan fingerprint density at radius 3 is 2.68 bits per heavy atom. The molecule has 1 N–H and O–H groups in total. The normalized spacial score (nSPS) is 23.6. The van der Waals surface area contributed by atoms with Crippen LogP contribution in [0.25, 0.3) is 0 Å². The fourth-order valence-electron chi connectivity index (χ4n) is 4.04. The number of carbonyl (C=O) groups is 1. The van der Waals surface area contributed by atoms with Crippen molar-refractivity contribution in [2.24, 2.45) is 5.92 Å². The van der Waals surface area contributed by atoms with E-state index in [1.165, 1.54) is 0 Å². The molecule has 2 heterocycles. The quantitative estimate of drug-likeness (QED) is 0.819. The number of carboxylic acid groups (broad SMARTS) is 1. The molecule has 1 saturated heterocycles. The van der Waals surface area contributed by atoms with Crippen LogP contribution in [-0.2, 0) is 4.79 Å². The summed E-state index contributed by atoms with van der Waals surface area (Å²) in [6.07, 6.45) is 0. The Hall–Kier alpha value is -2.93. The summed E-state index contributed by atoms with van der Waals surface area (Å²) in [7, 11) is 3.51. The Bertz CT molecular complexity index is 870. The number of nitrogens with zero attached hydrogens (tertiary/aromatic N) is 1. The van der Waals surface area contributed by atoms with E-state index in [0.717, 1.165) is 5.56 Å². The molecule has 1 fully saturated rings. The van der Waals surface area contributed by atoms with Gasteiger partial charge in [0.15, 0.2) is 23.0 Å². The van der Waals surface area contributed by atoms with E-state index in [-0.39, 0.29) is 25.4 Å². The van der Waals surface area contributed by atoms with Gasteiger partial charge in [-0.25, -0.2) is 0 Å². The van der Waals surface area contributed by atoms with E-state index in [0.29, 0.717) is 29.5 Å². The molecule has 2 aromatic carbocycles. The molecule has 0 aromatic heterocycles. The third kappa shape index (κ3) is 3.33. The van der Waals surface area contributed by atoms with Crippen molar-refractivity contribution in [3.63, 3.8) is 0 Å². The van der Waals surface area contributed by atoms with Crippen molar-refractivity contribution in [3.05, 3.63) is 48.0 Å². The number of likely N-dealkylation sites (tertiary alicyclic amines) is 1. The second-order valence-electron chi connectivity index (χ2n) is 7.05. The van der Waals surface area contributed by atoms with Crippen LogP contribution in [-0.4, -0.2) is 56.1 Å². The van der Waals surface area contributed by atoms with Crippen LogP contribution in [0.15, 0.2) is 42.5 Å². The fraction of sp³-hybridized carbons (Fsp3) is 0.381. The van der Waals surface area contributed by atoms with Crippen molar-refractivity contribution in [2.45, 2.75) is 12.0 Å². The lowest BCUT2D eigenvalue weighted by atomic mass is 9.85. The van der Waals surface area contributed by atoms with E-state index in [9.17, 15) is 9.90 Å². The molecule has 0 amide bonds. The summed E-state index contributed by atoms with van der Waals surface area (Å²) in [5.41, 5.74) is 0.934. The zero-order chi connectivity index (χ0) is 19.7.